The Kier molecular flexibility index (Phi) is 5.88. The number of ether oxygens (including phenoxy) is 2. The highest BCUT2D eigenvalue weighted by Crippen LogP contribution is 2.16. The molecule has 0 unspecified atom stereocenters. The second-order valence-corrected chi connectivity index (χ2v) is 6.23. The summed E-state index contributed by atoms with van der Waals surface area (Å²) in [6, 6.07) is 11.6. The Morgan fingerprint density at radius 2 is 1.86 bits per heavy atom. The van der Waals surface area contributed by atoms with Gasteiger partial charge in [0.25, 0.3) is 0 Å². The first-order valence-corrected chi connectivity index (χ1v) is 8.21. The van der Waals surface area contributed by atoms with Crippen molar-refractivity contribution in [3.63, 3.8) is 0 Å². The van der Waals surface area contributed by atoms with E-state index in [1.807, 2.05) is 6.07 Å². The number of methoxy groups -OCH3 is 1. The zero-order chi connectivity index (χ0) is 15.8. The summed E-state index contributed by atoms with van der Waals surface area (Å²) in [5, 5.41) is 0. The fraction of sp³-hybridized carbons (Fsp3) is 0.267. The van der Waals surface area contributed by atoms with E-state index in [2.05, 4.69) is 9.71 Å². The highest BCUT2D eigenvalue weighted by atomic mass is 32.2. The molecule has 6 nitrogen and oxygen atoms in total. The zero-order valence-electron chi connectivity index (χ0n) is 12.2. The van der Waals surface area contributed by atoms with Crippen LogP contribution in [0.15, 0.2) is 53.6 Å². The van der Waals surface area contributed by atoms with E-state index in [0.29, 0.717) is 24.7 Å². The highest BCUT2D eigenvalue weighted by Gasteiger charge is 2.13. The summed E-state index contributed by atoms with van der Waals surface area (Å²) >= 11 is 0. The van der Waals surface area contributed by atoms with E-state index < -0.39 is 10.0 Å². The summed E-state index contributed by atoms with van der Waals surface area (Å²) in [7, 11) is -1.98. The summed E-state index contributed by atoms with van der Waals surface area (Å²) in [5.41, 5.74) is 0.658. The van der Waals surface area contributed by atoms with E-state index in [0.717, 1.165) is 0 Å². The number of rotatable bonds is 8. The molecule has 0 spiro atoms. The molecule has 2 aromatic rings. The van der Waals surface area contributed by atoms with Crippen LogP contribution < -0.4 is 9.46 Å². The van der Waals surface area contributed by atoms with Crippen molar-refractivity contribution in [2.75, 3.05) is 20.3 Å². The average molecular weight is 322 g/mol. The van der Waals surface area contributed by atoms with Gasteiger partial charge in [-0.3, -0.25) is 4.98 Å². The van der Waals surface area contributed by atoms with Gasteiger partial charge in [-0.15, -0.1) is 0 Å². The predicted molar refractivity (Wildman–Crippen MR) is 82.1 cm³/mol. The molecular weight excluding hydrogens is 304 g/mol. The topological polar surface area (TPSA) is 77.5 Å². The molecule has 7 heteroatoms. The summed E-state index contributed by atoms with van der Waals surface area (Å²) in [5.74, 6) is 0.598. The second kappa shape index (κ2) is 7.88. The van der Waals surface area contributed by atoms with Crippen LogP contribution in [0.3, 0.4) is 0 Å². The molecule has 1 heterocycles. The minimum atomic E-state index is -3.57. The molecule has 1 N–H and O–H groups in total. The minimum absolute atomic E-state index is 0.148. The summed E-state index contributed by atoms with van der Waals surface area (Å²) in [4.78, 5) is 4.26. The molecule has 0 aliphatic heterocycles. The van der Waals surface area contributed by atoms with Crippen molar-refractivity contribution in [1.82, 2.24) is 9.71 Å². The molecule has 1 aromatic heterocycles. The van der Waals surface area contributed by atoms with Crippen LogP contribution in [0.4, 0.5) is 0 Å². The molecule has 0 radical (unpaired) electrons. The molecule has 2 rings (SSSR count). The third kappa shape index (κ3) is 4.80. The van der Waals surface area contributed by atoms with E-state index in [-0.39, 0.29) is 11.4 Å². The third-order valence-electron chi connectivity index (χ3n) is 2.86. The molecule has 118 valence electrons. The largest absolute Gasteiger partial charge is 0.491 e. The standard InChI is InChI=1S/C15H18N2O4S/c1-20-10-11-21-14-5-7-15(8-6-14)22(18,19)17-12-13-4-2-3-9-16-13/h2-9,17H,10-12H2,1H3. The highest BCUT2D eigenvalue weighted by molar-refractivity contribution is 7.89. The molecule has 1 aromatic carbocycles. The molecule has 22 heavy (non-hydrogen) atoms. The van der Waals surface area contributed by atoms with Gasteiger partial charge in [0.05, 0.1) is 23.7 Å². The predicted octanol–water partition coefficient (Wildman–Crippen LogP) is 1.59. The molecule has 0 saturated carbocycles. The van der Waals surface area contributed by atoms with Gasteiger partial charge in [0, 0.05) is 13.3 Å². The lowest BCUT2D eigenvalue weighted by Crippen LogP contribution is -2.23. The van der Waals surface area contributed by atoms with Crippen LogP contribution in [0.1, 0.15) is 5.69 Å². The molecule has 0 aliphatic rings. The number of nitrogens with one attached hydrogen (secondary N) is 1. The molecular formula is C15H18N2O4S. The Balaban J connectivity index is 1.97. The number of benzene rings is 1. The molecule has 0 amide bonds. The van der Waals surface area contributed by atoms with Crippen LogP contribution in [0.25, 0.3) is 0 Å². The summed E-state index contributed by atoms with van der Waals surface area (Å²) < 4.78 is 37.1. The Morgan fingerprint density at radius 1 is 1.09 bits per heavy atom. The van der Waals surface area contributed by atoms with Gasteiger partial charge in [0.15, 0.2) is 0 Å². The summed E-state index contributed by atoms with van der Waals surface area (Å²) in [6.45, 7) is 1.04. The van der Waals surface area contributed by atoms with Crippen LogP contribution in [-0.2, 0) is 21.3 Å². The van der Waals surface area contributed by atoms with Crippen LogP contribution in [0, 0.1) is 0 Å². The maximum atomic E-state index is 12.2. The first kappa shape index (κ1) is 16.4. The van der Waals surface area contributed by atoms with Gasteiger partial charge in [0.1, 0.15) is 12.4 Å². The maximum absolute atomic E-state index is 12.2. The smallest absolute Gasteiger partial charge is 0.240 e. The number of aromatic nitrogens is 1. The van der Waals surface area contributed by atoms with E-state index in [1.54, 1.807) is 37.6 Å². The van der Waals surface area contributed by atoms with E-state index in [4.69, 9.17) is 9.47 Å². The van der Waals surface area contributed by atoms with Gasteiger partial charge in [0.2, 0.25) is 10.0 Å². The van der Waals surface area contributed by atoms with Gasteiger partial charge in [-0.2, -0.15) is 0 Å². The van der Waals surface area contributed by atoms with E-state index in [9.17, 15) is 8.42 Å². The molecule has 0 aliphatic carbocycles. The van der Waals surface area contributed by atoms with Gasteiger partial charge < -0.3 is 9.47 Å². The minimum Gasteiger partial charge on any atom is -0.491 e. The molecule has 0 atom stereocenters. The van der Waals surface area contributed by atoms with Crippen molar-refractivity contribution in [2.45, 2.75) is 11.4 Å². The normalized spacial score (nSPS) is 11.3. The van der Waals surface area contributed by atoms with Gasteiger partial charge in [-0.25, -0.2) is 13.1 Å². The maximum Gasteiger partial charge on any atom is 0.240 e. The fourth-order valence-electron chi connectivity index (χ4n) is 1.71. The monoisotopic (exact) mass is 322 g/mol. The summed E-state index contributed by atoms with van der Waals surface area (Å²) in [6.07, 6.45) is 1.62. The number of sulfonamides is 1. The molecule has 0 fully saturated rings. The van der Waals surface area contributed by atoms with Crippen LogP contribution >= 0.6 is 0 Å². The number of nitrogens with zero attached hydrogens (tertiary/aromatic N) is 1. The van der Waals surface area contributed by atoms with Crippen LogP contribution in [0.5, 0.6) is 5.75 Å². The second-order valence-electron chi connectivity index (χ2n) is 4.46. The van der Waals surface area contributed by atoms with Crippen molar-refractivity contribution < 1.29 is 17.9 Å². The molecule has 0 bridgehead atoms. The Morgan fingerprint density at radius 3 is 2.50 bits per heavy atom. The van der Waals surface area contributed by atoms with Gasteiger partial charge in [-0.05, 0) is 36.4 Å². The lowest BCUT2D eigenvalue weighted by atomic mass is 10.3. The quantitative estimate of drug-likeness (QED) is 0.747. The Labute approximate surface area is 130 Å². The number of pyridine rings is 1. The average Bonchev–Trinajstić information content (AvgIpc) is 2.55. The van der Waals surface area contributed by atoms with Gasteiger partial charge in [-0.1, -0.05) is 6.07 Å². The van der Waals surface area contributed by atoms with Crippen molar-refractivity contribution in [3.8, 4) is 5.75 Å². The SMILES string of the molecule is COCCOc1ccc(S(=O)(=O)NCc2ccccn2)cc1. The third-order valence-corrected chi connectivity index (χ3v) is 4.28. The van der Waals surface area contributed by atoms with Crippen molar-refractivity contribution in [3.05, 3.63) is 54.4 Å². The van der Waals surface area contributed by atoms with Gasteiger partial charge >= 0.3 is 0 Å². The van der Waals surface area contributed by atoms with Crippen LogP contribution in [-0.4, -0.2) is 33.7 Å². The Hall–Kier alpha value is -1.96. The lowest BCUT2D eigenvalue weighted by molar-refractivity contribution is 0.146. The fourth-order valence-corrected chi connectivity index (χ4v) is 2.71. The first-order chi connectivity index (χ1) is 10.6. The molecule has 0 saturated heterocycles. The Bertz CT molecular complexity index is 672. The van der Waals surface area contributed by atoms with Crippen molar-refractivity contribution >= 4 is 10.0 Å². The zero-order valence-corrected chi connectivity index (χ0v) is 13.0. The van der Waals surface area contributed by atoms with Crippen molar-refractivity contribution in [1.29, 1.82) is 0 Å². The first-order valence-electron chi connectivity index (χ1n) is 6.73. The number of hydrogen-bond donors (Lipinski definition) is 1. The number of hydrogen-bond acceptors (Lipinski definition) is 5. The van der Waals surface area contributed by atoms with E-state index >= 15 is 0 Å². The van der Waals surface area contributed by atoms with Crippen molar-refractivity contribution in [2.24, 2.45) is 0 Å². The van der Waals surface area contributed by atoms with Crippen LogP contribution in [0.2, 0.25) is 0 Å². The van der Waals surface area contributed by atoms with E-state index in [1.165, 1.54) is 12.1 Å². The lowest BCUT2D eigenvalue weighted by Gasteiger charge is -2.08.